The number of hydrogen-bond acceptors (Lipinski definition) is 5. The molecule has 0 fully saturated rings. The van der Waals surface area contributed by atoms with E-state index < -0.39 is 10.8 Å². The van der Waals surface area contributed by atoms with Gasteiger partial charge in [0.25, 0.3) is 0 Å². The second-order valence-electron chi connectivity index (χ2n) is 22.0. The monoisotopic (exact) mass is 1010 g/mol. The van der Waals surface area contributed by atoms with Crippen molar-refractivity contribution in [2.45, 2.75) is 38.5 Å². The molecule has 2 aliphatic heterocycles. The lowest BCUT2D eigenvalue weighted by Gasteiger charge is -2.47. The van der Waals surface area contributed by atoms with E-state index in [0.29, 0.717) is 5.82 Å². The number of rotatable bonds is 9. The fourth-order valence-electron chi connectivity index (χ4n) is 11.9. The van der Waals surface area contributed by atoms with Crippen LogP contribution in [0.5, 0.6) is 0 Å². The maximum absolute atomic E-state index is 5.88. The average Bonchev–Trinajstić information content (AvgIpc) is 2.58. The third-order valence-corrected chi connectivity index (χ3v) is 16.2. The molecule has 5 heteroatoms. The van der Waals surface area contributed by atoms with Gasteiger partial charge in [0.15, 0.2) is 5.82 Å². The van der Waals surface area contributed by atoms with Crippen LogP contribution in [0.3, 0.4) is 0 Å². The molecule has 0 N–H and O–H groups in total. The summed E-state index contributed by atoms with van der Waals surface area (Å²) in [6.07, 6.45) is 4.08. The highest BCUT2D eigenvalue weighted by Crippen LogP contribution is 2.60. The quantitative estimate of drug-likeness (QED) is 0.144. The Morgan fingerprint density at radius 2 is 0.646 bits per heavy atom. The van der Waals surface area contributed by atoms with Crippen molar-refractivity contribution >= 4 is 17.2 Å². The van der Waals surface area contributed by atoms with Crippen LogP contribution in [0, 0.1) is 0 Å². The summed E-state index contributed by atoms with van der Waals surface area (Å²) >= 11 is 0. The van der Waals surface area contributed by atoms with Gasteiger partial charge in [0.2, 0.25) is 0 Å². The molecule has 79 heavy (non-hydrogen) atoms. The predicted molar refractivity (Wildman–Crippen MR) is 325 cm³/mol. The van der Waals surface area contributed by atoms with Gasteiger partial charge in [-0.1, -0.05) is 182 Å². The molecule has 5 nitrogen and oxygen atoms in total. The second kappa shape index (κ2) is 19.0. The fourth-order valence-corrected chi connectivity index (χ4v) is 11.9. The van der Waals surface area contributed by atoms with Gasteiger partial charge < -0.3 is 0 Å². The van der Waals surface area contributed by atoms with Crippen molar-refractivity contribution in [2.75, 3.05) is 4.90 Å². The number of fused-ring (bicyclic) bond motifs is 4. The SMILES string of the molecule is CC1(C)c2cc(-c3cc(-c4ccccc4)cc(-c4ccccc4)c3)nc3c2N(c2cnc(-c4cc(-c5ccccc5)cc(-c5ccccc5)c4)nc21)c1ncc(-c2cc(-c4ccccc4)cc(-c4ccccc4)c2)cc1C3(C)C. The van der Waals surface area contributed by atoms with E-state index in [4.69, 9.17) is 19.9 Å². The van der Waals surface area contributed by atoms with Crippen molar-refractivity contribution in [1.82, 2.24) is 19.9 Å². The molecular weight excluding hydrogens is 959 g/mol. The smallest absolute Gasteiger partial charge is 0.159 e. The van der Waals surface area contributed by atoms with E-state index in [0.717, 1.165) is 134 Å². The first-order chi connectivity index (χ1) is 38.6. The van der Waals surface area contributed by atoms with Crippen LogP contribution in [-0.2, 0) is 10.8 Å². The molecule has 0 saturated carbocycles. The summed E-state index contributed by atoms with van der Waals surface area (Å²) in [7, 11) is 0. The van der Waals surface area contributed by atoms with Gasteiger partial charge in [0.05, 0.1) is 34.7 Å². The Morgan fingerprint density at radius 1 is 0.291 bits per heavy atom. The third-order valence-electron chi connectivity index (χ3n) is 16.2. The maximum atomic E-state index is 5.88. The van der Waals surface area contributed by atoms with E-state index in [1.54, 1.807) is 0 Å². The molecule has 9 aromatic carbocycles. The number of pyridine rings is 2. The first-order valence-electron chi connectivity index (χ1n) is 27.2. The molecular formula is C74H55N5. The lowest BCUT2D eigenvalue weighted by molar-refractivity contribution is 0.568. The van der Waals surface area contributed by atoms with Gasteiger partial charge in [-0.3, -0.25) is 4.90 Å². The minimum absolute atomic E-state index is 0.604. The largest absolute Gasteiger partial charge is 0.289 e. The first kappa shape index (κ1) is 47.6. The van der Waals surface area contributed by atoms with Crippen molar-refractivity contribution in [3.63, 3.8) is 0 Å². The summed E-state index contributed by atoms with van der Waals surface area (Å²) < 4.78 is 0. The van der Waals surface area contributed by atoms with Crippen LogP contribution in [0.1, 0.15) is 50.2 Å². The van der Waals surface area contributed by atoms with E-state index in [9.17, 15) is 0 Å². The van der Waals surface area contributed by atoms with Gasteiger partial charge in [-0.2, -0.15) is 0 Å². The van der Waals surface area contributed by atoms with Gasteiger partial charge in [-0.25, -0.2) is 19.9 Å². The third kappa shape index (κ3) is 8.43. The molecule has 0 aliphatic carbocycles. The summed E-state index contributed by atoms with van der Waals surface area (Å²) in [6.45, 7) is 9.26. The first-order valence-corrected chi connectivity index (χ1v) is 27.2. The van der Waals surface area contributed by atoms with Crippen molar-refractivity contribution < 1.29 is 0 Å². The molecule has 0 saturated heterocycles. The van der Waals surface area contributed by atoms with E-state index >= 15 is 0 Å². The number of hydrogen-bond donors (Lipinski definition) is 0. The van der Waals surface area contributed by atoms with Gasteiger partial charge in [-0.15, -0.1) is 0 Å². The highest BCUT2D eigenvalue weighted by molar-refractivity contribution is 5.93. The molecule has 3 aromatic heterocycles. The molecule has 14 rings (SSSR count). The molecule has 0 spiro atoms. The molecule has 0 amide bonds. The molecule has 0 radical (unpaired) electrons. The van der Waals surface area contributed by atoms with Crippen LogP contribution >= 0.6 is 0 Å². The molecule has 0 unspecified atom stereocenters. The highest BCUT2D eigenvalue weighted by Gasteiger charge is 2.49. The van der Waals surface area contributed by atoms with Crippen LogP contribution in [0.4, 0.5) is 17.2 Å². The Kier molecular flexibility index (Phi) is 11.5. The van der Waals surface area contributed by atoms with E-state index in [-0.39, 0.29) is 0 Å². The number of aromatic nitrogens is 4. The topological polar surface area (TPSA) is 54.8 Å². The summed E-state index contributed by atoms with van der Waals surface area (Å²) in [5.74, 6) is 1.51. The van der Waals surface area contributed by atoms with Crippen molar-refractivity contribution in [1.29, 1.82) is 0 Å². The normalized spacial score (nSPS) is 13.5. The summed E-state index contributed by atoms with van der Waals surface area (Å²) in [5.41, 5.74) is 23.5. The van der Waals surface area contributed by atoms with E-state index in [2.05, 4.69) is 288 Å². The van der Waals surface area contributed by atoms with Gasteiger partial charge in [-0.05, 0) is 172 Å². The van der Waals surface area contributed by atoms with Crippen LogP contribution in [0.15, 0.2) is 261 Å². The zero-order valence-corrected chi connectivity index (χ0v) is 44.6. The van der Waals surface area contributed by atoms with Crippen molar-refractivity contribution in [3.05, 3.63) is 284 Å². The van der Waals surface area contributed by atoms with Gasteiger partial charge >= 0.3 is 0 Å². The fraction of sp³-hybridized carbons (Fsp3) is 0.0811. The maximum Gasteiger partial charge on any atom is 0.159 e. The van der Waals surface area contributed by atoms with E-state index in [1.807, 2.05) is 6.20 Å². The summed E-state index contributed by atoms with van der Waals surface area (Å²) in [6, 6.07) is 89.1. The number of benzene rings is 9. The zero-order valence-electron chi connectivity index (χ0n) is 44.6. The highest BCUT2D eigenvalue weighted by atomic mass is 15.2. The van der Waals surface area contributed by atoms with Crippen LogP contribution < -0.4 is 4.90 Å². The lowest BCUT2D eigenvalue weighted by Crippen LogP contribution is -2.40. The number of nitrogens with zero attached hydrogens (tertiary/aromatic N) is 5. The minimum atomic E-state index is -0.608. The summed E-state index contributed by atoms with van der Waals surface area (Å²) in [4.78, 5) is 24.8. The standard InChI is InChI=1S/C74H55N5/c1-73(2)64-45-66(61-40-56(50-27-15-7-16-28-50)36-57(41-61)51-29-17-8-18-30-51)77-70-68(64)79(67-47-75-71(78-69(67)73)62-42-58(52-31-19-9-20-32-52)37-59(43-62)53-33-21-10-22-34-53)72-65(74(70,3)4)44-63(46-76-72)60-38-54(48-23-11-5-12-24-48)35-55(39-60)49-25-13-6-14-26-49/h5-47H,1-4H3. The van der Waals surface area contributed by atoms with Crippen LogP contribution in [-0.4, -0.2) is 19.9 Å². The van der Waals surface area contributed by atoms with Crippen LogP contribution in [0.25, 0.3) is 101 Å². The Bertz CT molecular complexity index is 3890. The Labute approximate surface area is 462 Å². The number of anilines is 3. The summed E-state index contributed by atoms with van der Waals surface area (Å²) in [5, 5.41) is 0. The predicted octanol–water partition coefficient (Wildman–Crippen LogP) is 19.0. The van der Waals surface area contributed by atoms with E-state index in [1.165, 1.54) is 0 Å². The molecule has 0 bridgehead atoms. The molecule has 12 aromatic rings. The lowest BCUT2D eigenvalue weighted by atomic mass is 9.69. The van der Waals surface area contributed by atoms with Crippen molar-refractivity contribution in [3.8, 4) is 101 Å². The minimum Gasteiger partial charge on any atom is -0.289 e. The van der Waals surface area contributed by atoms with Crippen molar-refractivity contribution in [2.24, 2.45) is 0 Å². The zero-order chi connectivity index (χ0) is 53.2. The molecule has 376 valence electrons. The average molecular weight is 1010 g/mol. The Hall–Kier alpha value is -9.84. The Balaban J connectivity index is 0.999. The van der Waals surface area contributed by atoms with Gasteiger partial charge in [0, 0.05) is 39.3 Å². The second-order valence-corrected chi connectivity index (χ2v) is 22.0. The molecule has 5 heterocycles. The van der Waals surface area contributed by atoms with Crippen LogP contribution in [0.2, 0.25) is 0 Å². The van der Waals surface area contributed by atoms with Gasteiger partial charge in [0.1, 0.15) is 5.82 Å². The Morgan fingerprint density at radius 3 is 1.05 bits per heavy atom. The molecule has 2 aliphatic rings. The molecule has 0 atom stereocenters.